The minimum atomic E-state index is -4.67. The van der Waals surface area contributed by atoms with Crippen LogP contribution < -0.4 is 4.72 Å². The van der Waals surface area contributed by atoms with E-state index >= 15 is 0 Å². The Kier molecular flexibility index (Phi) is 7.22. The van der Waals surface area contributed by atoms with Crippen molar-refractivity contribution in [3.05, 3.63) is 59.5 Å². The molecule has 0 unspecified atom stereocenters. The Morgan fingerprint density at radius 1 is 1.03 bits per heavy atom. The first-order valence-corrected chi connectivity index (χ1v) is 12.0. The number of halogens is 4. The Hall–Kier alpha value is -2.03. The molecule has 3 aromatic rings. The Morgan fingerprint density at radius 2 is 1.70 bits per heavy atom. The number of alkyl halides is 3. The number of rotatable bonds is 6. The maximum absolute atomic E-state index is 13.6. The van der Waals surface area contributed by atoms with Crippen molar-refractivity contribution in [3.8, 4) is 11.1 Å². The minimum Gasteiger partial charge on any atom is -0.598 e. The summed E-state index contributed by atoms with van der Waals surface area (Å²) in [7, 11) is 0. The third-order valence-electron chi connectivity index (χ3n) is 5.38. The van der Waals surface area contributed by atoms with E-state index in [-0.39, 0.29) is 11.6 Å². The summed E-state index contributed by atoms with van der Waals surface area (Å²) in [4.78, 5) is 0. The summed E-state index contributed by atoms with van der Waals surface area (Å²) in [6.07, 6.45) is -2.70. The molecule has 0 saturated carbocycles. The summed E-state index contributed by atoms with van der Waals surface area (Å²) in [5.41, 5.74) is 1.00. The van der Waals surface area contributed by atoms with Gasteiger partial charge >= 0.3 is 6.18 Å². The normalized spacial score (nSPS) is 14.8. The molecule has 8 heteroatoms. The fraction of sp³-hybridized carbons (Fsp3) is 0.440. The van der Waals surface area contributed by atoms with Crippen LogP contribution in [0, 0.1) is 11.7 Å². The lowest BCUT2D eigenvalue weighted by molar-refractivity contribution is -0.137. The molecular formula is C25H30F4N2OS. The average molecular weight is 483 g/mol. The van der Waals surface area contributed by atoms with Gasteiger partial charge in [0.1, 0.15) is 10.6 Å². The molecule has 2 aromatic carbocycles. The van der Waals surface area contributed by atoms with Crippen LogP contribution in [0.3, 0.4) is 0 Å². The largest absolute Gasteiger partial charge is 0.598 e. The standard InChI is InChI=1S/C25H30F4N2OS/c1-15(2)13-31-14-21(16(3)30-33(32)24(4,5)6)20-9-7-17(11-23(20)31)19-10-8-18(26)12-22(19)25(27,28)29/h7-12,14-16,30H,13H2,1-6H3/t16-,33+/m1/s1. The summed E-state index contributed by atoms with van der Waals surface area (Å²) in [5.74, 6) is -0.620. The van der Waals surface area contributed by atoms with Crippen molar-refractivity contribution in [1.82, 2.24) is 9.29 Å². The molecule has 0 aliphatic rings. The topological polar surface area (TPSA) is 40.0 Å². The van der Waals surface area contributed by atoms with Crippen molar-refractivity contribution in [2.75, 3.05) is 0 Å². The summed E-state index contributed by atoms with van der Waals surface area (Å²) < 4.78 is 71.7. The fourth-order valence-corrected chi connectivity index (χ4v) is 4.58. The second-order valence-electron chi connectivity index (χ2n) is 9.77. The molecule has 0 aliphatic carbocycles. The van der Waals surface area contributed by atoms with E-state index in [2.05, 4.69) is 18.6 Å². The van der Waals surface area contributed by atoms with Gasteiger partial charge in [-0.2, -0.15) is 13.2 Å². The molecule has 33 heavy (non-hydrogen) atoms. The third-order valence-corrected chi connectivity index (χ3v) is 7.06. The number of nitrogens with one attached hydrogen (secondary N) is 1. The third kappa shape index (κ3) is 5.73. The van der Waals surface area contributed by atoms with E-state index in [9.17, 15) is 22.1 Å². The van der Waals surface area contributed by atoms with Gasteiger partial charge in [0.15, 0.2) is 0 Å². The van der Waals surface area contributed by atoms with Crippen LogP contribution in [0.2, 0.25) is 0 Å². The van der Waals surface area contributed by atoms with Gasteiger partial charge in [0.25, 0.3) is 0 Å². The van der Waals surface area contributed by atoms with Crippen molar-refractivity contribution in [3.63, 3.8) is 0 Å². The highest BCUT2D eigenvalue weighted by molar-refractivity contribution is 7.90. The van der Waals surface area contributed by atoms with E-state index in [1.807, 2.05) is 38.5 Å². The van der Waals surface area contributed by atoms with Crippen molar-refractivity contribution in [2.45, 2.75) is 65.1 Å². The summed E-state index contributed by atoms with van der Waals surface area (Å²) in [6.45, 7) is 12.4. The first kappa shape index (κ1) is 25.6. The van der Waals surface area contributed by atoms with E-state index in [0.717, 1.165) is 22.5 Å². The van der Waals surface area contributed by atoms with Crippen LogP contribution in [0.15, 0.2) is 42.6 Å². The molecule has 0 radical (unpaired) electrons. The van der Waals surface area contributed by atoms with Crippen LogP contribution in [-0.2, 0) is 24.1 Å². The highest BCUT2D eigenvalue weighted by atomic mass is 32.2. The van der Waals surface area contributed by atoms with Crippen LogP contribution in [0.4, 0.5) is 17.6 Å². The van der Waals surface area contributed by atoms with Gasteiger partial charge in [-0.05, 0) is 68.5 Å². The zero-order valence-corrected chi connectivity index (χ0v) is 20.5. The second-order valence-corrected chi connectivity index (χ2v) is 11.8. The number of aromatic nitrogens is 1. The Bertz CT molecular complexity index is 1130. The number of hydrogen-bond acceptors (Lipinski definition) is 2. The number of nitrogens with zero attached hydrogens (tertiary/aromatic N) is 1. The predicted octanol–water partition coefficient (Wildman–Crippen LogP) is 7.24. The second kappa shape index (κ2) is 9.31. The average Bonchev–Trinajstić information content (AvgIpc) is 3.03. The molecule has 0 aliphatic heterocycles. The molecule has 3 nitrogen and oxygen atoms in total. The predicted molar refractivity (Wildman–Crippen MR) is 127 cm³/mol. The molecular weight excluding hydrogens is 452 g/mol. The SMILES string of the molecule is CC(C)Cn1cc([C@@H](C)N[S@@+]([O-])C(C)(C)C)c2ccc(-c3ccc(F)cc3C(F)(F)F)cc21. The molecule has 0 amide bonds. The van der Waals surface area contributed by atoms with Gasteiger partial charge < -0.3 is 9.12 Å². The van der Waals surface area contributed by atoms with Crippen molar-refractivity contribution < 1.29 is 22.1 Å². The number of fused-ring (bicyclic) bond motifs is 1. The van der Waals surface area contributed by atoms with Crippen LogP contribution in [0.5, 0.6) is 0 Å². The lowest BCUT2D eigenvalue weighted by atomic mass is 9.97. The van der Waals surface area contributed by atoms with Gasteiger partial charge in [-0.1, -0.05) is 32.0 Å². The number of hydrogen-bond donors (Lipinski definition) is 1. The molecule has 1 N–H and O–H groups in total. The highest BCUT2D eigenvalue weighted by Crippen LogP contribution is 2.39. The fourth-order valence-electron chi connectivity index (χ4n) is 3.78. The van der Waals surface area contributed by atoms with Crippen molar-refractivity contribution in [1.29, 1.82) is 0 Å². The Morgan fingerprint density at radius 3 is 2.27 bits per heavy atom. The molecule has 0 spiro atoms. The summed E-state index contributed by atoms with van der Waals surface area (Å²) in [5, 5.41) is 0.876. The van der Waals surface area contributed by atoms with Crippen LogP contribution in [0.25, 0.3) is 22.0 Å². The lowest BCUT2D eigenvalue weighted by Gasteiger charge is -2.26. The molecule has 180 valence electrons. The number of benzene rings is 2. The van der Waals surface area contributed by atoms with E-state index in [4.69, 9.17) is 0 Å². The van der Waals surface area contributed by atoms with Crippen LogP contribution in [-0.4, -0.2) is 13.9 Å². The first-order chi connectivity index (χ1) is 15.2. The van der Waals surface area contributed by atoms with Crippen LogP contribution in [0.1, 0.15) is 58.7 Å². The summed E-state index contributed by atoms with van der Waals surface area (Å²) >= 11 is -1.28. The lowest BCUT2D eigenvalue weighted by Crippen LogP contribution is -2.40. The van der Waals surface area contributed by atoms with E-state index in [1.54, 1.807) is 18.2 Å². The Labute approximate surface area is 195 Å². The highest BCUT2D eigenvalue weighted by Gasteiger charge is 2.34. The van der Waals surface area contributed by atoms with Gasteiger partial charge in [0.05, 0.1) is 11.6 Å². The minimum absolute atomic E-state index is 0.0651. The zero-order chi connectivity index (χ0) is 24.7. The molecule has 2 atom stereocenters. The molecule has 3 rings (SSSR count). The molecule has 1 heterocycles. The molecule has 1 aromatic heterocycles. The monoisotopic (exact) mass is 482 g/mol. The van der Waals surface area contributed by atoms with E-state index < -0.39 is 33.7 Å². The van der Waals surface area contributed by atoms with Gasteiger partial charge in [-0.15, -0.1) is 4.72 Å². The van der Waals surface area contributed by atoms with Gasteiger partial charge in [-0.25, -0.2) is 4.39 Å². The van der Waals surface area contributed by atoms with Crippen LogP contribution >= 0.6 is 0 Å². The smallest absolute Gasteiger partial charge is 0.417 e. The van der Waals surface area contributed by atoms with Gasteiger partial charge in [0, 0.05) is 35.0 Å². The first-order valence-electron chi connectivity index (χ1n) is 10.9. The van der Waals surface area contributed by atoms with E-state index in [0.29, 0.717) is 24.1 Å². The molecule has 0 saturated heterocycles. The van der Waals surface area contributed by atoms with E-state index in [1.165, 1.54) is 6.07 Å². The molecule has 0 fully saturated rings. The molecule has 0 bridgehead atoms. The maximum Gasteiger partial charge on any atom is 0.417 e. The zero-order valence-electron chi connectivity index (χ0n) is 19.7. The van der Waals surface area contributed by atoms with Crippen molar-refractivity contribution >= 4 is 22.3 Å². The van der Waals surface area contributed by atoms with Gasteiger partial charge in [-0.3, -0.25) is 0 Å². The van der Waals surface area contributed by atoms with Crippen molar-refractivity contribution in [2.24, 2.45) is 5.92 Å². The van der Waals surface area contributed by atoms with Gasteiger partial charge in [0.2, 0.25) is 0 Å². The maximum atomic E-state index is 13.6. The quantitative estimate of drug-likeness (QED) is 0.297. The summed E-state index contributed by atoms with van der Waals surface area (Å²) in [6, 6.07) is 7.65. The Balaban J connectivity index is 2.14.